The maximum Gasteiger partial charge on any atom is 0.241 e. The molecule has 0 bridgehead atoms. The zero-order chi connectivity index (χ0) is 20.0. The molecule has 0 aliphatic heterocycles. The topological polar surface area (TPSA) is 92.8 Å². The van der Waals surface area contributed by atoms with E-state index in [4.69, 9.17) is 4.74 Å². The van der Waals surface area contributed by atoms with E-state index in [9.17, 15) is 18.0 Å². The molecule has 1 N–H and O–H groups in total. The average Bonchev–Trinajstić information content (AvgIpc) is 2.63. The highest BCUT2D eigenvalue weighted by Crippen LogP contribution is 2.20. The van der Waals surface area contributed by atoms with Gasteiger partial charge in [0.05, 0.1) is 19.1 Å². The van der Waals surface area contributed by atoms with Gasteiger partial charge in [0.1, 0.15) is 12.3 Å². The molecular weight excluding hydrogens is 368 g/mol. The molecule has 0 heterocycles. The first-order valence-electron chi connectivity index (χ1n) is 8.19. The summed E-state index contributed by atoms with van der Waals surface area (Å²) in [6.07, 6.45) is 1.01. The molecule has 7 nitrogen and oxygen atoms in total. The molecule has 0 fully saturated rings. The van der Waals surface area contributed by atoms with Crippen LogP contribution < -0.4 is 14.4 Å². The van der Waals surface area contributed by atoms with Crippen LogP contribution in [0.2, 0.25) is 0 Å². The molecule has 0 aromatic heterocycles. The lowest BCUT2D eigenvalue weighted by Crippen LogP contribution is -2.40. The molecule has 1 amide bonds. The molecule has 0 saturated carbocycles. The van der Waals surface area contributed by atoms with Crippen molar-refractivity contribution in [3.05, 3.63) is 59.7 Å². The predicted molar refractivity (Wildman–Crippen MR) is 103 cm³/mol. The number of anilines is 1. The quantitative estimate of drug-likeness (QED) is 0.696. The number of carbonyl (C=O) groups is 2. The van der Waals surface area contributed by atoms with Crippen molar-refractivity contribution < 1.29 is 22.7 Å². The van der Waals surface area contributed by atoms with E-state index in [0.29, 0.717) is 11.3 Å². The fourth-order valence-corrected chi connectivity index (χ4v) is 3.36. The van der Waals surface area contributed by atoms with Crippen LogP contribution in [0.1, 0.15) is 22.8 Å². The predicted octanol–water partition coefficient (Wildman–Crippen LogP) is 1.98. The Labute approximate surface area is 159 Å². The molecule has 0 saturated heterocycles. The van der Waals surface area contributed by atoms with Gasteiger partial charge in [0, 0.05) is 17.7 Å². The van der Waals surface area contributed by atoms with E-state index < -0.39 is 22.5 Å². The lowest BCUT2D eigenvalue weighted by molar-refractivity contribution is -0.119. The summed E-state index contributed by atoms with van der Waals surface area (Å²) in [6, 6.07) is 13.4. The number of nitrogens with one attached hydrogen (secondary N) is 1. The second-order valence-electron chi connectivity index (χ2n) is 5.96. The number of hydrogen-bond donors (Lipinski definition) is 1. The molecule has 27 heavy (non-hydrogen) atoms. The Morgan fingerprint density at radius 3 is 2.44 bits per heavy atom. The monoisotopic (exact) mass is 390 g/mol. The van der Waals surface area contributed by atoms with Crippen LogP contribution in [0.25, 0.3) is 0 Å². The van der Waals surface area contributed by atoms with Gasteiger partial charge in [-0.1, -0.05) is 30.3 Å². The van der Waals surface area contributed by atoms with E-state index in [-0.39, 0.29) is 18.0 Å². The van der Waals surface area contributed by atoms with Gasteiger partial charge in [-0.05, 0) is 25.1 Å². The summed E-state index contributed by atoms with van der Waals surface area (Å²) in [5, 5.41) is 2.69. The molecule has 8 heteroatoms. The second-order valence-corrected chi connectivity index (χ2v) is 7.87. The SMILES string of the molecule is COc1ccccc1CNC(=O)CN(c1cccc(C(C)=O)c1)S(C)(=O)=O. The fraction of sp³-hybridized carbons (Fsp3) is 0.263. The number of benzene rings is 2. The van der Waals surface area contributed by atoms with Crippen LogP contribution in [0.5, 0.6) is 5.75 Å². The number of rotatable bonds is 8. The number of methoxy groups -OCH3 is 1. The Morgan fingerprint density at radius 1 is 1.11 bits per heavy atom. The molecule has 0 aliphatic rings. The lowest BCUT2D eigenvalue weighted by atomic mass is 10.1. The minimum atomic E-state index is -3.71. The lowest BCUT2D eigenvalue weighted by Gasteiger charge is -2.22. The third-order valence-electron chi connectivity index (χ3n) is 3.90. The normalized spacial score (nSPS) is 10.9. The average molecular weight is 390 g/mol. The Morgan fingerprint density at radius 2 is 1.81 bits per heavy atom. The summed E-state index contributed by atoms with van der Waals surface area (Å²) in [7, 11) is -2.18. The number of carbonyl (C=O) groups excluding carboxylic acids is 2. The van der Waals surface area contributed by atoms with Crippen molar-refractivity contribution in [3.8, 4) is 5.75 Å². The number of amides is 1. The van der Waals surface area contributed by atoms with Crippen molar-refractivity contribution in [2.24, 2.45) is 0 Å². The first-order chi connectivity index (χ1) is 12.7. The maximum absolute atomic E-state index is 12.3. The van der Waals surface area contributed by atoms with Crippen molar-refractivity contribution >= 4 is 27.4 Å². The van der Waals surface area contributed by atoms with Crippen molar-refractivity contribution in [2.75, 3.05) is 24.2 Å². The number of para-hydroxylation sites is 1. The van der Waals surface area contributed by atoms with Gasteiger partial charge in [0.25, 0.3) is 0 Å². The number of ether oxygens (including phenoxy) is 1. The van der Waals surface area contributed by atoms with E-state index in [1.807, 2.05) is 18.2 Å². The molecule has 0 spiro atoms. The number of nitrogens with zero attached hydrogens (tertiary/aromatic N) is 1. The van der Waals surface area contributed by atoms with Gasteiger partial charge in [-0.15, -0.1) is 0 Å². The molecule has 2 aromatic rings. The fourth-order valence-electron chi connectivity index (χ4n) is 2.51. The summed E-state index contributed by atoms with van der Waals surface area (Å²) in [6.45, 7) is 1.20. The largest absolute Gasteiger partial charge is 0.496 e. The van der Waals surface area contributed by atoms with Gasteiger partial charge in [0.15, 0.2) is 5.78 Å². The van der Waals surface area contributed by atoms with Gasteiger partial charge >= 0.3 is 0 Å². The van der Waals surface area contributed by atoms with Gasteiger partial charge in [-0.2, -0.15) is 0 Å². The van der Waals surface area contributed by atoms with Crippen LogP contribution in [0.15, 0.2) is 48.5 Å². The molecule has 2 aromatic carbocycles. The zero-order valence-electron chi connectivity index (χ0n) is 15.4. The first kappa shape index (κ1) is 20.4. The van der Waals surface area contributed by atoms with Crippen molar-refractivity contribution in [3.63, 3.8) is 0 Å². The van der Waals surface area contributed by atoms with Crippen molar-refractivity contribution in [2.45, 2.75) is 13.5 Å². The van der Waals surface area contributed by atoms with Gasteiger partial charge in [-0.25, -0.2) is 8.42 Å². The second kappa shape index (κ2) is 8.68. The highest BCUT2D eigenvalue weighted by molar-refractivity contribution is 7.92. The van der Waals surface area contributed by atoms with Crippen LogP contribution in [0.3, 0.4) is 0 Å². The number of hydrogen-bond acceptors (Lipinski definition) is 5. The van der Waals surface area contributed by atoms with Crippen LogP contribution in [-0.2, 0) is 21.4 Å². The van der Waals surface area contributed by atoms with E-state index >= 15 is 0 Å². The number of ketones is 1. The number of Topliss-reactive ketones (excluding diaryl/α,β-unsaturated/α-hetero) is 1. The Balaban J connectivity index is 2.16. The van der Waals surface area contributed by atoms with E-state index in [1.54, 1.807) is 24.3 Å². The van der Waals surface area contributed by atoms with Gasteiger partial charge in [-0.3, -0.25) is 13.9 Å². The molecule has 144 valence electrons. The highest BCUT2D eigenvalue weighted by Gasteiger charge is 2.21. The highest BCUT2D eigenvalue weighted by atomic mass is 32.2. The molecule has 0 atom stereocenters. The molecule has 2 rings (SSSR count). The molecule has 0 radical (unpaired) electrons. The summed E-state index contributed by atoms with van der Waals surface area (Å²) in [5.74, 6) is -0.0302. The smallest absolute Gasteiger partial charge is 0.241 e. The zero-order valence-corrected chi connectivity index (χ0v) is 16.2. The Bertz CT molecular complexity index is 941. The van der Waals surface area contributed by atoms with Crippen LogP contribution in [0.4, 0.5) is 5.69 Å². The first-order valence-corrected chi connectivity index (χ1v) is 10.0. The van der Waals surface area contributed by atoms with E-state index in [2.05, 4.69) is 5.32 Å². The minimum Gasteiger partial charge on any atom is -0.496 e. The van der Waals surface area contributed by atoms with Gasteiger partial charge in [0.2, 0.25) is 15.9 Å². The van der Waals surface area contributed by atoms with E-state index in [0.717, 1.165) is 16.1 Å². The maximum atomic E-state index is 12.3. The summed E-state index contributed by atoms with van der Waals surface area (Å²) < 4.78 is 30.5. The van der Waals surface area contributed by atoms with Crippen LogP contribution >= 0.6 is 0 Å². The molecular formula is C19H22N2O5S. The van der Waals surface area contributed by atoms with Crippen molar-refractivity contribution in [1.82, 2.24) is 5.32 Å². The van der Waals surface area contributed by atoms with Crippen molar-refractivity contribution in [1.29, 1.82) is 0 Å². The van der Waals surface area contributed by atoms with Gasteiger partial charge < -0.3 is 10.1 Å². The van der Waals surface area contributed by atoms with E-state index in [1.165, 1.54) is 20.1 Å². The summed E-state index contributed by atoms with van der Waals surface area (Å²) >= 11 is 0. The third-order valence-corrected chi connectivity index (χ3v) is 5.04. The number of sulfonamides is 1. The van der Waals surface area contributed by atoms with Crippen LogP contribution in [-0.4, -0.2) is 40.0 Å². The molecule has 0 aliphatic carbocycles. The summed E-state index contributed by atoms with van der Waals surface area (Å²) in [4.78, 5) is 23.9. The molecule has 0 unspecified atom stereocenters. The Hall–Kier alpha value is -2.87. The summed E-state index contributed by atoms with van der Waals surface area (Å²) in [5.41, 5.74) is 1.41. The van der Waals surface area contributed by atoms with Crippen LogP contribution in [0, 0.1) is 0 Å². The third kappa shape index (κ3) is 5.55. The minimum absolute atomic E-state index is 0.189. The standard InChI is InChI=1S/C19H22N2O5S/c1-14(22)15-8-6-9-17(11-15)21(27(3,24)25)13-19(23)20-12-16-7-4-5-10-18(16)26-2/h4-11H,12-13H2,1-3H3,(H,20,23). The Kier molecular flexibility index (Phi) is 6.57.